The van der Waals surface area contributed by atoms with Crippen LogP contribution >= 0.6 is 11.3 Å². The van der Waals surface area contributed by atoms with Crippen LogP contribution in [0.4, 0.5) is 0 Å². The molecule has 210 valence electrons. The Morgan fingerprint density at radius 1 is 0.975 bits per heavy atom. The van der Waals surface area contributed by atoms with Crippen LogP contribution in [0.1, 0.15) is 40.2 Å². The van der Waals surface area contributed by atoms with Gasteiger partial charge in [-0.15, -0.1) is 11.3 Å². The molecule has 40 heavy (non-hydrogen) atoms. The fraction of sp³-hybridized carbons (Fsp3) is 0.333. The summed E-state index contributed by atoms with van der Waals surface area (Å²) in [6.07, 6.45) is 2.53. The summed E-state index contributed by atoms with van der Waals surface area (Å²) in [7, 11) is 0. The second kappa shape index (κ2) is 13.7. The number of amides is 1. The first-order valence-corrected chi connectivity index (χ1v) is 14.1. The largest absolute Gasteiger partial charge is 0.490 e. The molecule has 0 atom stereocenters. The third-order valence-corrected chi connectivity index (χ3v) is 7.41. The summed E-state index contributed by atoms with van der Waals surface area (Å²) in [6, 6.07) is 15.5. The maximum atomic E-state index is 13.2. The molecule has 2 heterocycles. The van der Waals surface area contributed by atoms with Crippen LogP contribution in [0.25, 0.3) is 10.2 Å². The van der Waals surface area contributed by atoms with Gasteiger partial charge in [0.2, 0.25) is 5.91 Å². The SMILES string of the molecule is CCOc1ccc(CCNC(=O)Cn2cnc3sc(C(=O)OCCc4ccccc4)c(C)c3c2=O)cc1OCC. The summed E-state index contributed by atoms with van der Waals surface area (Å²) in [5.41, 5.74) is 2.20. The Labute approximate surface area is 236 Å². The van der Waals surface area contributed by atoms with Crippen molar-refractivity contribution in [1.29, 1.82) is 0 Å². The number of thiophene rings is 1. The lowest BCUT2D eigenvalue weighted by atomic mass is 10.1. The van der Waals surface area contributed by atoms with Crippen LogP contribution in [0.5, 0.6) is 11.5 Å². The molecule has 0 radical (unpaired) electrons. The highest BCUT2D eigenvalue weighted by Gasteiger charge is 2.21. The minimum Gasteiger partial charge on any atom is -0.490 e. The Hall–Kier alpha value is -4.18. The standard InChI is InChI=1S/C30H33N3O6S/c1-4-37-23-12-11-22(17-24(23)38-5-2)13-15-31-25(34)18-33-19-32-28-26(29(33)35)20(3)27(40-28)30(36)39-16-14-21-9-7-6-8-10-21/h6-12,17,19H,4-5,13-16,18H2,1-3H3,(H,31,34). The number of nitrogens with one attached hydrogen (secondary N) is 1. The Morgan fingerprint density at radius 2 is 1.73 bits per heavy atom. The number of fused-ring (bicyclic) bond motifs is 1. The number of carbonyl (C=O) groups excluding carboxylic acids is 2. The van der Waals surface area contributed by atoms with Crippen molar-refractivity contribution in [2.24, 2.45) is 0 Å². The normalized spacial score (nSPS) is 10.9. The number of hydrogen-bond donors (Lipinski definition) is 1. The van der Waals surface area contributed by atoms with Gasteiger partial charge in [0.25, 0.3) is 5.56 Å². The number of esters is 1. The summed E-state index contributed by atoms with van der Waals surface area (Å²) < 4.78 is 18.0. The lowest BCUT2D eigenvalue weighted by Crippen LogP contribution is -2.33. The van der Waals surface area contributed by atoms with E-state index in [2.05, 4.69) is 10.3 Å². The number of carbonyl (C=O) groups is 2. The zero-order valence-electron chi connectivity index (χ0n) is 22.9. The van der Waals surface area contributed by atoms with Crippen LogP contribution in [-0.2, 0) is 28.9 Å². The van der Waals surface area contributed by atoms with Crippen LogP contribution in [-0.4, -0.2) is 47.8 Å². The van der Waals surface area contributed by atoms with E-state index in [4.69, 9.17) is 14.2 Å². The summed E-state index contributed by atoms with van der Waals surface area (Å²) in [5, 5.41) is 3.18. The van der Waals surface area contributed by atoms with Gasteiger partial charge in [-0.25, -0.2) is 9.78 Å². The zero-order chi connectivity index (χ0) is 28.5. The first kappa shape index (κ1) is 28.8. The topological polar surface area (TPSA) is 109 Å². The number of ether oxygens (including phenoxy) is 3. The van der Waals surface area contributed by atoms with E-state index < -0.39 is 5.97 Å². The Kier molecular flexibility index (Phi) is 9.91. The molecule has 9 nitrogen and oxygen atoms in total. The number of hydrogen-bond acceptors (Lipinski definition) is 8. The lowest BCUT2D eigenvalue weighted by Gasteiger charge is -2.13. The molecule has 1 N–H and O–H groups in total. The predicted octanol–water partition coefficient (Wildman–Crippen LogP) is 4.32. The summed E-state index contributed by atoms with van der Waals surface area (Å²) in [6.45, 7) is 7.03. The van der Waals surface area contributed by atoms with E-state index >= 15 is 0 Å². The number of benzene rings is 2. The maximum absolute atomic E-state index is 13.2. The van der Waals surface area contributed by atoms with Crippen LogP contribution in [0, 0.1) is 6.92 Å². The van der Waals surface area contributed by atoms with Gasteiger partial charge in [0.1, 0.15) is 16.3 Å². The van der Waals surface area contributed by atoms with Crippen molar-refractivity contribution in [3.63, 3.8) is 0 Å². The second-order valence-electron chi connectivity index (χ2n) is 9.03. The Balaban J connectivity index is 1.35. The molecular formula is C30H33N3O6S. The summed E-state index contributed by atoms with van der Waals surface area (Å²) in [5.74, 6) is 0.561. The van der Waals surface area contributed by atoms with Crippen molar-refractivity contribution in [3.05, 3.63) is 86.8 Å². The van der Waals surface area contributed by atoms with E-state index in [1.807, 2.05) is 62.4 Å². The third kappa shape index (κ3) is 7.06. The molecular weight excluding hydrogens is 530 g/mol. The summed E-state index contributed by atoms with van der Waals surface area (Å²) >= 11 is 1.12. The highest BCUT2D eigenvalue weighted by molar-refractivity contribution is 7.20. The van der Waals surface area contributed by atoms with Crippen LogP contribution in [0.2, 0.25) is 0 Å². The molecule has 2 aromatic heterocycles. The molecule has 0 aliphatic heterocycles. The van der Waals surface area contributed by atoms with Crippen molar-refractivity contribution in [2.45, 2.75) is 40.2 Å². The smallest absolute Gasteiger partial charge is 0.348 e. The lowest BCUT2D eigenvalue weighted by molar-refractivity contribution is -0.121. The highest BCUT2D eigenvalue weighted by atomic mass is 32.1. The molecule has 2 aromatic carbocycles. The number of nitrogens with zero attached hydrogens (tertiary/aromatic N) is 2. The van der Waals surface area contributed by atoms with Crippen molar-refractivity contribution in [2.75, 3.05) is 26.4 Å². The maximum Gasteiger partial charge on any atom is 0.348 e. The molecule has 10 heteroatoms. The van der Waals surface area contributed by atoms with Crippen molar-refractivity contribution in [1.82, 2.24) is 14.9 Å². The minimum absolute atomic E-state index is 0.179. The van der Waals surface area contributed by atoms with Gasteiger partial charge >= 0.3 is 5.97 Å². The fourth-order valence-corrected chi connectivity index (χ4v) is 5.28. The van der Waals surface area contributed by atoms with Crippen LogP contribution in [0.15, 0.2) is 59.7 Å². The average molecular weight is 564 g/mol. The van der Waals surface area contributed by atoms with Gasteiger partial charge in [-0.2, -0.15) is 0 Å². The Bertz CT molecular complexity index is 1530. The van der Waals surface area contributed by atoms with E-state index in [9.17, 15) is 14.4 Å². The predicted molar refractivity (Wildman–Crippen MR) is 155 cm³/mol. The van der Waals surface area contributed by atoms with E-state index in [1.54, 1.807) is 6.92 Å². The average Bonchev–Trinajstić information content (AvgIpc) is 3.29. The van der Waals surface area contributed by atoms with Gasteiger partial charge in [0, 0.05) is 13.0 Å². The zero-order valence-corrected chi connectivity index (χ0v) is 23.7. The van der Waals surface area contributed by atoms with Gasteiger partial charge in [0.05, 0.1) is 31.5 Å². The first-order valence-electron chi connectivity index (χ1n) is 13.3. The molecule has 4 rings (SSSR count). The van der Waals surface area contributed by atoms with E-state index in [1.165, 1.54) is 10.9 Å². The van der Waals surface area contributed by atoms with Crippen molar-refractivity contribution < 1.29 is 23.8 Å². The number of aromatic nitrogens is 2. The Morgan fingerprint density at radius 3 is 2.48 bits per heavy atom. The third-order valence-electron chi connectivity index (χ3n) is 6.23. The number of aryl methyl sites for hydroxylation is 1. The monoisotopic (exact) mass is 563 g/mol. The molecule has 0 bridgehead atoms. The molecule has 0 fully saturated rings. The molecule has 0 aliphatic carbocycles. The van der Waals surface area contributed by atoms with E-state index in [0.29, 0.717) is 64.8 Å². The fourth-order valence-electron chi connectivity index (χ4n) is 4.25. The van der Waals surface area contributed by atoms with E-state index in [-0.39, 0.29) is 24.6 Å². The molecule has 0 spiro atoms. The number of rotatable bonds is 13. The van der Waals surface area contributed by atoms with Gasteiger partial charge in [-0.05, 0) is 56.0 Å². The van der Waals surface area contributed by atoms with Crippen molar-refractivity contribution in [3.8, 4) is 11.5 Å². The van der Waals surface area contributed by atoms with Gasteiger partial charge in [-0.1, -0.05) is 36.4 Å². The highest BCUT2D eigenvalue weighted by Crippen LogP contribution is 2.29. The van der Waals surface area contributed by atoms with Gasteiger partial charge in [-0.3, -0.25) is 14.2 Å². The molecule has 0 aliphatic rings. The molecule has 0 saturated heterocycles. The minimum atomic E-state index is -0.484. The first-order chi connectivity index (χ1) is 19.4. The second-order valence-corrected chi connectivity index (χ2v) is 10.0. The molecule has 1 amide bonds. The van der Waals surface area contributed by atoms with Crippen molar-refractivity contribution >= 4 is 33.4 Å². The van der Waals surface area contributed by atoms with Crippen LogP contribution < -0.4 is 20.3 Å². The quantitative estimate of drug-likeness (QED) is 0.241. The molecule has 4 aromatic rings. The van der Waals surface area contributed by atoms with Gasteiger partial charge in [0.15, 0.2) is 11.5 Å². The molecule has 0 saturated carbocycles. The summed E-state index contributed by atoms with van der Waals surface area (Å²) in [4.78, 5) is 43.6. The van der Waals surface area contributed by atoms with Gasteiger partial charge < -0.3 is 19.5 Å². The molecule has 0 unspecified atom stereocenters. The van der Waals surface area contributed by atoms with E-state index in [0.717, 1.165) is 22.5 Å². The van der Waals surface area contributed by atoms with Crippen LogP contribution in [0.3, 0.4) is 0 Å².